The van der Waals surface area contributed by atoms with Crippen LogP contribution in [-0.2, 0) is 11.2 Å². The smallest absolute Gasteiger partial charge is 0.224 e. The van der Waals surface area contributed by atoms with E-state index in [2.05, 4.69) is 5.32 Å². The quantitative estimate of drug-likeness (QED) is 0.732. The molecule has 4 nitrogen and oxygen atoms in total. The van der Waals surface area contributed by atoms with Gasteiger partial charge in [-0.3, -0.25) is 4.79 Å². The summed E-state index contributed by atoms with van der Waals surface area (Å²) in [5, 5.41) is 13.1. The molecule has 0 fully saturated rings. The van der Waals surface area contributed by atoms with Gasteiger partial charge in [0.25, 0.3) is 0 Å². The molecule has 0 aliphatic rings. The van der Waals surface area contributed by atoms with Crippen LogP contribution in [0.3, 0.4) is 0 Å². The predicted molar refractivity (Wildman–Crippen MR) is 97.9 cm³/mol. The van der Waals surface area contributed by atoms with Crippen molar-refractivity contribution in [1.29, 1.82) is 0 Å². The molecule has 4 heteroatoms. The highest BCUT2D eigenvalue weighted by Gasteiger charge is 2.17. The number of aliphatic hydroxyl groups excluding tert-OH is 1. The first-order valence-electron chi connectivity index (χ1n) is 8.31. The lowest BCUT2D eigenvalue weighted by Crippen LogP contribution is -2.37. The molecule has 0 heterocycles. The molecule has 0 aliphatic heterocycles. The van der Waals surface area contributed by atoms with Crippen LogP contribution in [0, 0.1) is 13.8 Å². The van der Waals surface area contributed by atoms with Crippen molar-refractivity contribution in [3.05, 3.63) is 65.2 Å². The van der Waals surface area contributed by atoms with Crippen LogP contribution < -0.4 is 11.1 Å². The number of aliphatic hydroxyl groups is 1. The highest BCUT2D eigenvalue weighted by atomic mass is 16.3. The summed E-state index contributed by atoms with van der Waals surface area (Å²) < 4.78 is 0. The SMILES string of the molecule is Cc1cccc(C)c1NC(=O)CCC(O)C(N)Cc1ccccc1. The number of para-hydroxylation sites is 1. The summed E-state index contributed by atoms with van der Waals surface area (Å²) in [5.74, 6) is -0.0987. The summed E-state index contributed by atoms with van der Waals surface area (Å²) in [6, 6.07) is 15.3. The fraction of sp³-hybridized carbons (Fsp3) is 0.350. The Kier molecular flexibility index (Phi) is 6.53. The zero-order valence-corrected chi connectivity index (χ0v) is 14.3. The summed E-state index contributed by atoms with van der Waals surface area (Å²) in [5.41, 5.74) is 10.1. The third kappa shape index (κ3) is 5.18. The third-order valence-corrected chi connectivity index (χ3v) is 4.22. The Morgan fingerprint density at radius 1 is 1.08 bits per heavy atom. The van der Waals surface area contributed by atoms with Gasteiger partial charge in [0.15, 0.2) is 0 Å². The van der Waals surface area contributed by atoms with Gasteiger partial charge in [-0.2, -0.15) is 0 Å². The van der Waals surface area contributed by atoms with Gasteiger partial charge in [-0.1, -0.05) is 48.5 Å². The van der Waals surface area contributed by atoms with Crippen molar-refractivity contribution in [3.63, 3.8) is 0 Å². The zero-order chi connectivity index (χ0) is 17.5. The molecule has 1 amide bonds. The first kappa shape index (κ1) is 18.2. The third-order valence-electron chi connectivity index (χ3n) is 4.22. The normalized spacial score (nSPS) is 13.3. The number of nitrogens with one attached hydrogen (secondary N) is 1. The van der Waals surface area contributed by atoms with E-state index in [1.54, 1.807) is 0 Å². The maximum Gasteiger partial charge on any atom is 0.224 e. The molecule has 2 rings (SSSR count). The first-order valence-corrected chi connectivity index (χ1v) is 8.31. The molecule has 0 radical (unpaired) electrons. The predicted octanol–water partition coefficient (Wildman–Crippen LogP) is 2.95. The van der Waals surface area contributed by atoms with E-state index in [9.17, 15) is 9.90 Å². The maximum absolute atomic E-state index is 12.1. The number of carbonyl (C=O) groups excluding carboxylic acids is 1. The van der Waals surface area contributed by atoms with Gasteiger partial charge in [-0.25, -0.2) is 0 Å². The van der Waals surface area contributed by atoms with Crippen LogP contribution in [0.4, 0.5) is 5.69 Å². The molecule has 0 spiro atoms. The minimum Gasteiger partial charge on any atom is -0.391 e. The number of carbonyl (C=O) groups is 1. The van der Waals surface area contributed by atoms with Gasteiger partial charge in [0.1, 0.15) is 0 Å². The topological polar surface area (TPSA) is 75.3 Å². The van der Waals surface area contributed by atoms with Crippen molar-refractivity contribution >= 4 is 11.6 Å². The molecule has 2 unspecified atom stereocenters. The Bertz CT molecular complexity index is 650. The van der Waals surface area contributed by atoms with Crippen molar-refractivity contribution in [1.82, 2.24) is 0 Å². The molecule has 0 saturated carbocycles. The second-order valence-electron chi connectivity index (χ2n) is 6.27. The highest BCUT2D eigenvalue weighted by Crippen LogP contribution is 2.20. The summed E-state index contributed by atoms with van der Waals surface area (Å²) in [7, 11) is 0. The summed E-state index contributed by atoms with van der Waals surface area (Å²) in [6.07, 6.45) is 0.497. The standard InChI is InChI=1S/C20H26N2O2/c1-14-7-6-8-15(2)20(14)22-19(24)12-11-18(23)17(21)13-16-9-4-3-5-10-16/h3-10,17-18,23H,11-13,21H2,1-2H3,(H,22,24). The van der Waals surface area contributed by atoms with E-state index in [4.69, 9.17) is 5.73 Å². The number of hydrogen-bond acceptors (Lipinski definition) is 3. The van der Waals surface area contributed by atoms with Crippen molar-refractivity contribution < 1.29 is 9.90 Å². The van der Waals surface area contributed by atoms with Crippen molar-refractivity contribution in [2.24, 2.45) is 5.73 Å². The minimum atomic E-state index is -0.700. The zero-order valence-electron chi connectivity index (χ0n) is 14.3. The number of hydrogen-bond donors (Lipinski definition) is 3. The fourth-order valence-electron chi connectivity index (χ4n) is 2.73. The Hall–Kier alpha value is -2.17. The molecule has 2 aromatic carbocycles. The number of anilines is 1. The van der Waals surface area contributed by atoms with Gasteiger partial charge < -0.3 is 16.2 Å². The van der Waals surface area contributed by atoms with E-state index in [1.807, 2.05) is 62.4 Å². The average molecular weight is 326 g/mol. The largest absolute Gasteiger partial charge is 0.391 e. The Morgan fingerprint density at radius 3 is 2.33 bits per heavy atom. The second-order valence-corrected chi connectivity index (χ2v) is 6.27. The van der Waals surface area contributed by atoms with Crippen LogP contribution in [-0.4, -0.2) is 23.2 Å². The van der Waals surface area contributed by atoms with Crippen LogP contribution in [0.5, 0.6) is 0 Å². The molecule has 24 heavy (non-hydrogen) atoms. The van der Waals surface area contributed by atoms with Gasteiger partial charge in [-0.15, -0.1) is 0 Å². The molecule has 0 aromatic heterocycles. The van der Waals surface area contributed by atoms with E-state index in [0.717, 1.165) is 22.4 Å². The van der Waals surface area contributed by atoms with Gasteiger partial charge >= 0.3 is 0 Å². The summed E-state index contributed by atoms with van der Waals surface area (Å²) >= 11 is 0. The number of aryl methyl sites for hydroxylation is 2. The average Bonchev–Trinajstić information content (AvgIpc) is 2.57. The van der Waals surface area contributed by atoms with Gasteiger partial charge in [0, 0.05) is 18.2 Å². The summed E-state index contributed by atoms with van der Waals surface area (Å²) in [6.45, 7) is 3.93. The Morgan fingerprint density at radius 2 is 1.71 bits per heavy atom. The fourth-order valence-corrected chi connectivity index (χ4v) is 2.73. The molecule has 2 aromatic rings. The second kappa shape index (κ2) is 8.62. The number of amides is 1. The minimum absolute atomic E-state index is 0.0987. The van der Waals surface area contributed by atoms with Crippen LogP contribution in [0.1, 0.15) is 29.5 Å². The van der Waals surface area contributed by atoms with Crippen LogP contribution in [0.2, 0.25) is 0 Å². The first-order chi connectivity index (χ1) is 11.5. The Balaban J connectivity index is 1.82. The van der Waals surface area contributed by atoms with E-state index in [-0.39, 0.29) is 18.4 Å². The lowest BCUT2D eigenvalue weighted by Gasteiger charge is -2.19. The van der Waals surface area contributed by atoms with E-state index >= 15 is 0 Å². The number of benzene rings is 2. The molecule has 0 aliphatic carbocycles. The van der Waals surface area contributed by atoms with Gasteiger partial charge in [0.2, 0.25) is 5.91 Å². The Labute approximate surface area is 143 Å². The van der Waals surface area contributed by atoms with E-state index in [1.165, 1.54) is 0 Å². The van der Waals surface area contributed by atoms with Crippen molar-refractivity contribution in [2.75, 3.05) is 5.32 Å². The van der Waals surface area contributed by atoms with E-state index in [0.29, 0.717) is 12.8 Å². The van der Waals surface area contributed by atoms with E-state index < -0.39 is 6.10 Å². The van der Waals surface area contributed by atoms with Crippen molar-refractivity contribution in [2.45, 2.75) is 45.3 Å². The van der Waals surface area contributed by atoms with Crippen LogP contribution in [0.25, 0.3) is 0 Å². The highest BCUT2D eigenvalue weighted by molar-refractivity contribution is 5.92. The molecular weight excluding hydrogens is 300 g/mol. The maximum atomic E-state index is 12.1. The summed E-state index contributed by atoms with van der Waals surface area (Å²) in [4.78, 5) is 12.1. The van der Waals surface area contributed by atoms with Crippen molar-refractivity contribution in [3.8, 4) is 0 Å². The molecular formula is C20H26N2O2. The molecule has 0 bridgehead atoms. The van der Waals surface area contributed by atoms with Crippen LogP contribution >= 0.6 is 0 Å². The monoisotopic (exact) mass is 326 g/mol. The van der Waals surface area contributed by atoms with Crippen LogP contribution in [0.15, 0.2) is 48.5 Å². The van der Waals surface area contributed by atoms with Gasteiger partial charge in [0.05, 0.1) is 6.10 Å². The lowest BCUT2D eigenvalue weighted by atomic mass is 9.99. The number of nitrogens with two attached hydrogens (primary N) is 1. The van der Waals surface area contributed by atoms with Gasteiger partial charge in [-0.05, 0) is 43.4 Å². The lowest BCUT2D eigenvalue weighted by molar-refractivity contribution is -0.116. The molecule has 4 N–H and O–H groups in total. The molecule has 0 saturated heterocycles. The molecule has 2 atom stereocenters. The molecule has 128 valence electrons. The number of rotatable bonds is 7.